The molecule has 2 aliphatic heterocycles. The van der Waals surface area contributed by atoms with Crippen LogP contribution in [-0.4, -0.2) is 63.5 Å². The molecule has 0 radical (unpaired) electrons. The van der Waals surface area contributed by atoms with Gasteiger partial charge in [-0.25, -0.2) is 0 Å². The van der Waals surface area contributed by atoms with Crippen LogP contribution in [0.15, 0.2) is 28.4 Å². The average molecular weight is 594 g/mol. The molecule has 6 nitrogen and oxygen atoms in total. The molecule has 0 N–H and O–H groups in total. The molecular formula is C28H45NO5Sn. The fraction of sp³-hybridized carbons (Fsp3) is 0.679. The second-order valence-electron chi connectivity index (χ2n) is 9.91. The summed E-state index contributed by atoms with van der Waals surface area (Å²) in [4.78, 5) is 14.1. The fourth-order valence-electron chi connectivity index (χ4n) is 4.99. The predicted molar refractivity (Wildman–Crippen MR) is 145 cm³/mol. The van der Waals surface area contributed by atoms with Gasteiger partial charge in [0.1, 0.15) is 13.2 Å². The van der Waals surface area contributed by atoms with Gasteiger partial charge in [-0.2, -0.15) is 0 Å². The molecule has 0 saturated carbocycles. The predicted octanol–water partition coefficient (Wildman–Crippen LogP) is 7.13. The molecule has 3 rings (SSSR count). The van der Waals surface area contributed by atoms with Gasteiger partial charge in [0.25, 0.3) is 0 Å². The van der Waals surface area contributed by atoms with E-state index in [1.54, 1.807) is 4.90 Å². The van der Waals surface area contributed by atoms with E-state index in [9.17, 15) is 4.79 Å². The Morgan fingerprint density at radius 1 is 0.971 bits per heavy atom. The summed E-state index contributed by atoms with van der Waals surface area (Å²) in [5.74, 6) is 1.39. The molecule has 1 unspecified atom stereocenters. The van der Waals surface area contributed by atoms with Crippen LogP contribution in [0.2, 0.25) is 13.3 Å². The first kappa shape index (κ1) is 28.2. The summed E-state index contributed by atoms with van der Waals surface area (Å²) in [6.45, 7) is 9.49. The molecule has 35 heavy (non-hydrogen) atoms. The van der Waals surface area contributed by atoms with Crippen LogP contribution in [0.4, 0.5) is 10.5 Å². The molecule has 7 heteroatoms. The number of anilines is 1. The number of nitrogens with zero attached hydrogens (tertiary/aromatic N) is 1. The zero-order valence-electron chi connectivity index (χ0n) is 22.1. The number of fused-ring (bicyclic) bond motifs is 1. The second kappa shape index (κ2) is 15.0. The third-order valence-corrected chi connectivity index (χ3v) is 21.3. The number of unbranched alkanes of at least 4 members (excludes halogenated alkanes) is 4. The third-order valence-electron chi connectivity index (χ3n) is 7.04. The zero-order valence-corrected chi connectivity index (χ0v) is 24.9. The number of rotatable bonds is 16. The van der Waals surface area contributed by atoms with E-state index in [1.807, 2.05) is 18.2 Å². The van der Waals surface area contributed by atoms with Gasteiger partial charge in [0, 0.05) is 0 Å². The van der Waals surface area contributed by atoms with E-state index in [2.05, 4.69) is 30.9 Å². The van der Waals surface area contributed by atoms with E-state index in [-0.39, 0.29) is 12.2 Å². The van der Waals surface area contributed by atoms with Crippen molar-refractivity contribution >= 4 is 30.2 Å². The summed E-state index contributed by atoms with van der Waals surface area (Å²) >= 11 is -2.28. The Labute approximate surface area is 216 Å². The summed E-state index contributed by atoms with van der Waals surface area (Å²) in [6.07, 6.45) is 11.0. The van der Waals surface area contributed by atoms with E-state index in [0.29, 0.717) is 44.5 Å². The maximum absolute atomic E-state index is 12.5. The Bertz CT molecular complexity index is 807. The standard InChI is InChI=1S/C15H16NO5.C5H11.2C4H9.Sn/c1-2-5-18-10-12-9-16(15(17)21-12)11-3-4-13-14(8-11)20-7-6-19-13;1-3-5-4-2;2*1-3-4-2;/h1-4,8,12H,5-7,9-10H2;1,3-5H2,2H3;2*1,3-4H2,2H3;. The zero-order chi connectivity index (χ0) is 24.9. The van der Waals surface area contributed by atoms with Crippen molar-refractivity contribution in [2.75, 3.05) is 37.9 Å². The minimum absolute atomic E-state index is 0.262. The van der Waals surface area contributed by atoms with E-state index < -0.39 is 18.4 Å². The van der Waals surface area contributed by atoms with Crippen LogP contribution in [0.25, 0.3) is 0 Å². The maximum atomic E-state index is 12.5. The van der Waals surface area contributed by atoms with Gasteiger partial charge in [-0.05, 0) is 0 Å². The van der Waals surface area contributed by atoms with Crippen molar-refractivity contribution in [3.8, 4) is 11.5 Å². The van der Waals surface area contributed by atoms with Crippen molar-refractivity contribution in [1.82, 2.24) is 0 Å². The first-order valence-corrected chi connectivity index (χ1v) is 21.4. The van der Waals surface area contributed by atoms with Gasteiger partial charge >= 0.3 is 199 Å². The van der Waals surface area contributed by atoms with Crippen molar-refractivity contribution in [1.29, 1.82) is 0 Å². The Kier molecular flexibility index (Phi) is 12.1. The molecule has 0 bridgehead atoms. The van der Waals surface area contributed by atoms with Gasteiger partial charge in [0.2, 0.25) is 0 Å². The van der Waals surface area contributed by atoms with Crippen LogP contribution in [0.3, 0.4) is 0 Å². The fourth-order valence-corrected chi connectivity index (χ4v) is 19.0. The summed E-state index contributed by atoms with van der Waals surface area (Å²) < 4.78 is 29.8. The van der Waals surface area contributed by atoms with Crippen LogP contribution < -0.4 is 14.4 Å². The van der Waals surface area contributed by atoms with Gasteiger partial charge in [0.05, 0.1) is 0 Å². The van der Waals surface area contributed by atoms with Crippen LogP contribution in [-0.2, 0) is 9.47 Å². The number of carbonyl (C=O) groups is 1. The molecule has 0 spiro atoms. The topological polar surface area (TPSA) is 57.2 Å². The van der Waals surface area contributed by atoms with E-state index in [1.165, 1.54) is 58.3 Å². The van der Waals surface area contributed by atoms with Crippen molar-refractivity contribution < 1.29 is 23.7 Å². The molecule has 1 aromatic carbocycles. The number of hydrogen-bond acceptors (Lipinski definition) is 5. The number of benzene rings is 1. The third kappa shape index (κ3) is 8.59. The molecule has 2 aliphatic rings. The Morgan fingerprint density at radius 3 is 2.37 bits per heavy atom. The van der Waals surface area contributed by atoms with Gasteiger partial charge in [-0.15, -0.1) is 0 Å². The first-order chi connectivity index (χ1) is 17.1. The normalized spacial score (nSPS) is 17.9. The molecule has 1 saturated heterocycles. The van der Waals surface area contributed by atoms with Crippen LogP contribution in [0, 0.1) is 0 Å². The molecule has 2 heterocycles. The van der Waals surface area contributed by atoms with E-state index in [4.69, 9.17) is 18.9 Å². The van der Waals surface area contributed by atoms with Crippen LogP contribution >= 0.6 is 0 Å². The second-order valence-corrected chi connectivity index (χ2v) is 22.9. The van der Waals surface area contributed by atoms with Gasteiger partial charge < -0.3 is 4.74 Å². The molecule has 0 aromatic heterocycles. The molecule has 0 aliphatic carbocycles. The molecule has 1 atom stereocenters. The molecular weight excluding hydrogens is 549 g/mol. The Hall–Kier alpha value is -1.41. The SMILES string of the molecule is CCCC[CH2][Sn](/[CH]=C/COCC1CN(c2ccc3c(c2)OCCO3)C(=O)O1)([CH2]CCC)[CH2]CCC. The van der Waals surface area contributed by atoms with Crippen molar-refractivity contribution in [3.05, 3.63) is 28.4 Å². The quantitative estimate of drug-likeness (QED) is 0.151. The molecule has 1 aromatic rings. The number of carbonyl (C=O) groups excluding carboxylic acids is 1. The van der Waals surface area contributed by atoms with Gasteiger partial charge in [-0.1, -0.05) is 0 Å². The monoisotopic (exact) mass is 595 g/mol. The van der Waals surface area contributed by atoms with Crippen LogP contribution in [0.1, 0.15) is 65.7 Å². The molecule has 1 amide bonds. The summed E-state index contributed by atoms with van der Waals surface area (Å²) in [5.41, 5.74) is 0.763. The Balaban J connectivity index is 1.50. The average Bonchev–Trinajstić information content (AvgIpc) is 3.25. The Morgan fingerprint density at radius 2 is 1.66 bits per heavy atom. The number of cyclic esters (lactones) is 1. The number of ether oxygens (including phenoxy) is 4. The molecule has 196 valence electrons. The van der Waals surface area contributed by atoms with E-state index >= 15 is 0 Å². The van der Waals surface area contributed by atoms with Crippen LogP contribution in [0.5, 0.6) is 11.5 Å². The van der Waals surface area contributed by atoms with E-state index in [0.717, 1.165) is 5.69 Å². The van der Waals surface area contributed by atoms with Crippen molar-refractivity contribution in [2.45, 2.75) is 85.1 Å². The van der Waals surface area contributed by atoms with Crippen molar-refractivity contribution in [3.63, 3.8) is 0 Å². The minimum atomic E-state index is -2.28. The number of amides is 1. The summed E-state index contributed by atoms with van der Waals surface area (Å²) in [6, 6.07) is 5.57. The summed E-state index contributed by atoms with van der Waals surface area (Å²) in [5, 5.41) is 0. The van der Waals surface area contributed by atoms with Gasteiger partial charge in [0.15, 0.2) is 0 Å². The van der Waals surface area contributed by atoms with Crippen molar-refractivity contribution in [2.24, 2.45) is 0 Å². The summed E-state index contributed by atoms with van der Waals surface area (Å²) in [7, 11) is 0. The van der Waals surface area contributed by atoms with Gasteiger partial charge in [-0.3, -0.25) is 0 Å². The first-order valence-electron chi connectivity index (χ1n) is 13.7. The number of hydrogen-bond donors (Lipinski definition) is 0. The molecule has 1 fully saturated rings.